The molecule has 4 N–H and O–H groups in total. The molecular formula is C5H10N2OS. The van der Waals surface area contributed by atoms with Crippen molar-refractivity contribution in [2.45, 2.75) is 6.04 Å². The topological polar surface area (TPSA) is 69.1 Å². The zero-order chi connectivity index (χ0) is 6.85. The van der Waals surface area contributed by atoms with Crippen LogP contribution in [0.5, 0.6) is 0 Å². The minimum Gasteiger partial charge on any atom is -0.368 e. The van der Waals surface area contributed by atoms with Gasteiger partial charge in [0.1, 0.15) is 0 Å². The molecule has 52 valence electrons. The number of primary amides is 1. The first-order valence-electron chi connectivity index (χ1n) is 2.84. The van der Waals surface area contributed by atoms with E-state index < -0.39 is 6.04 Å². The first kappa shape index (κ1) is 6.89. The van der Waals surface area contributed by atoms with Crippen LogP contribution in [0.25, 0.3) is 0 Å². The van der Waals surface area contributed by atoms with E-state index >= 15 is 0 Å². The Morgan fingerprint density at radius 2 is 2.22 bits per heavy atom. The molecule has 1 aliphatic heterocycles. The van der Waals surface area contributed by atoms with Gasteiger partial charge in [-0.3, -0.25) is 4.79 Å². The Labute approximate surface area is 58.2 Å². The van der Waals surface area contributed by atoms with Gasteiger partial charge in [-0.25, -0.2) is 0 Å². The fourth-order valence-corrected chi connectivity index (χ4v) is 1.62. The van der Waals surface area contributed by atoms with Crippen LogP contribution >= 0.6 is 11.8 Å². The van der Waals surface area contributed by atoms with Gasteiger partial charge in [-0.05, 0) is 11.5 Å². The van der Waals surface area contributed by atoms with Crippen molar-refractivity contribution in [2.24, 2.45) is 17.4 Å². The second-order valence-electron chi connectivity index (χ2n) is 2.23. The normalized spacial score (nSPS) is 22.8. The van der Waals surface area contributed by atoms with Gasteiger partial charge in [-0.1, -0.05) is 0 Å². The minimum atomic E-state index is -0.411. The largest absolute Gasteiger partial charge is 0.368 e. The van der Waals surface area contributed by atoms with E-state index in [1.165, 1.54) is 0 Å². The first-order valence-corrected chi connectivity index (χ1v) is 4.00. The summed E-state index contributed by atoms with van der Waals surface area (Å²) in [7, 11) is 0. The van der Waals surface area contributed by atoms with Gasteiger partial charge in [-0.15, -0.1) is 0 Å². The second-order valence-corrected chi connectivity index (χ2v) is 3.30. The Morgan fingerprint density at radius 1 is 1.67 bits per heavy atom. The molecule has 1 rings (SSSR count). The standard InChI is InChI=1S/C5H10N2OS/c6-4(5(7)8)3-1-9-2-3/h3-4H,1-2,6H2,(H2,7,8). The molecule has 1 atom stereocenters. The van der Waals surface area contributed by atoms with Crippen LogP contribution in [-0.2, 0) is 4.79 Å². The highest BCUT2D eigenvalue weighted by Gasteiger charge is 2.28. The maximum absolute atomic E-state index is 10.4. The van der Waals surface area contributed by atoms with Gasteiger partial charge in [0.15, 0.2) is 0 Å². The second kappa shape index (κ2) is 2.58. The van der Waals surface area contributed by atoms with Crippen molar-refractivity contribution < 1.29 is 4.79 Å². The van der Waals surface area contributed by atoms with Crippen LogP contribution < -0.4 is 11.5 Å². The zero-order valence-corrected chi connectivity index (χ0v) is 5.86. The molecule has 4 heteroatoms. The third-order valence-corrected chi connectivity index (χ3v) is 2.83. The predicted octanol–water partition coefficient (Wildman–Crippen LogP) is -0.838. The van der Waals surface area contributed by atoms with Crippen LogP contribution in [0.4, 0.5) is 0 Å². The van der Waals surface area contributed by atoms with Crippen LogP contribution in [0.3, 0.4) is 0 Å². The molecule has 0 radical (unpaired) electrons. The number of carbonyl (C=O) groups excluding carboxylic acids is 1. The molecule has 1 heterocycles. The predicted molar refractivity (Wildman–Crippen MR) is 38.0 cm³/mol. The molecule has 1 unspecified atom stereocenters. The van der Waals surface area contributed by atoms with Gasteiger partial charge in [0.25, 0.3) is 0 Å². The number of hydrogen-bond acceptors (Lipinski definition) is 3. The van der Waals surface area contributed by atoms with Gasteiger partial charge >= 0.3 is 0 Å². The van der Waals surface area contributed by atoms with E-state index in [1.807, 2.05) is 0 Å². The lowest BCUT2D eigenvalue weighted by atomic mass is 10.0. The van der Waals surface area contributed by atoms with Crippen LogP contribution in [0.2, 0.25) is 0 Å². The number of thioether (sulfide) groups is 1. The Balaban J connectivity index is 2.32. The summed E-state index contributed by atoms with van der Waals surface area (Å²) in [5.74, 6) is 1.95. The Hall–Kier alpha value is -0.220. The monoisotopic (exact) mass is 146 g/mol. The van der Waals surface area contributed by atoms with E-state index in [4.69, 9.17) is 11.5 Å². The molecule has 0 aromatic heterocycles. The van der Waals surface area contributed by atoms with Crippen LogP contribution in [-0.4, -0.2) is 23.5 Å². The highest BCUT2D eigenvalue weighted by molar-refractivity contribution is 8.00. The molecule has 1 fully saturated rings. The fourth-order valence-electron chi connectivity index (χ4n) is 0.694. The summed E-state index contributed by atoms with van der Waals surface area (Å²) in [5, 5.41) is 0. The summed E-state index contributed by atoms with van der Waals surface area (Å²) < 4.78 is 0. The Morgan fingerprint density at radius 3 is 2.33 bits per heavy atom. The molecule has 1 saturated heterocycles. The molecule has 0 bridgehead atoms. The summed E-state index contributed by atoms with van der Waals surface area (Å²) in [5.41, 5.74) is 10.4. The van der Waals surface area contributed by atoms with Crippen molar-refractivity contribution in [1.82, 2.24) is 0 Å². The summed E-state index contributed by atoms with van der Waals surface area (Å²) in [4.78, 5) is 10.4. The van der Waals surface area contributed by atoms with Gasteiger partial charge < -0.3 is 11.5 Å². The average molecular weight is 146 g/mol. The lowest BCUT2D eigenvalue weighted by Crippen LogP contribution is -2.47. The third kappa shape index (κ3) is 1.37. The zero-order valence-electron chi connectivity index (χ0n) is 5.04. The average Bonchev–Trinajstić information content (AvgIpc) is 1.60. The maximum Gasteiger partial charge on any atom is 0.234 e. The quantitative estimate of drug-likeness (QED) is 0.534. The van der Waals surface area contributed by atoms with E-state index in [0.29, 0.717) is 5.92 Å². The van der Waals surface area contributed by atoms with E-state index in [0.717, 1.165) is 11.5 Å². The van der Waals surface area contributed by atoms with Crippen molar-refractivity contribution >= 4 is 17.7 Å². The smallest absolute Gasteiger partial charge is 0.234 e. The van der Waals surface area contributed by atoms with Crippen LogP contribution in [0, 0.1) is 5.92 Å². The number of carbonyl (C=O) groups is 1. The summed E-state index contributed by atoms with van der Waals surface area (Å²) in [6.45, 7) is 0. The summed E-state index contributed by atoms with van der Waals surface area (Å²) >= 11 is 1.80. The first-order chi connectivity index (χ1) is 4.22. The van der Waals surface area contributed by atoms with Crippen molar-refractivity contribution in [3.8, 4) is 0 Å². The molecule has 1 amide bonds. The third-order valence-electron chi connectivity index (χ3n) is 1.50. The highest BCUT2D eigenvalue weighted by atomic mass is 32.2. The number of hydrogen-bond donors (Lipinski definition) is 2. The van der Waals surface area contributed by atoms with Crippen molar-refractivity contribution in [1.29, 1.82) is 0 Å². The highest BCUT2D eigenvalue weighted by Crippen LogP contribution is 2.26. The van der Waals surface area contributed by atoms with Gasteiger partial charge in [0, 0.05) is 5.92 Å². The van der Waals surface area contributed by atoms with Crippen LogP contribution in [0.15, 0.2) is 0 Å². The molecule has 0 aromatic rings. The number of nitrogens with two attached hydrogens (primary N) is 2. The maximum atomic E-state index is 10.4. The Bertz CT molecular complexity index is 124. The van der Waals surface area contributed by atoms with Gasteiger partial charge in [-0.2, -0.15) is 11.8 Å². The summed E-state index contributed by atoms with van der Waals surface area (Å²) in [6, 6.07) is -0.411. The van der Waals surface area contributed by atoms with Crippen molar-refractivity contribution in [3.05, 3.63) is 0 Å². The van der Waals surface area contributed by atoms with E-state index in [2.05, 4.69) is 0 Å². The molecule has 1 aliphatic rings. The Kier molecular flexibility index (Phi) is 1.97. The SMILES string of the molecule is NC(=O)C(N)C1CSC1. The molecule has 0 aliphatic carbocycles. The minimum absolute atomic E-state index is 0.340. The molecule has 0 spiro atoms. The van der Waals surface area contributed by atoms with Gasteiger partial charge in [0.2, 0.25) is 5.91 Å². The summed E-state index contributed by atoms with van der Waals surface area (Å²) in [6.07, 6.45) is 0. The van der Waals surface area contributed by atoms with E-state index in [1.54, 1.807) is 11.8 Å². The lowest BCUT2D eigenvalue weighted by Gasteiger charge is -2.28. The molecule has 0 aromatic carbocycles. The van der Waals surface area contributed by atoms with Crippen molar-refractivity contribution in [2.75, 3.05) is 11.5 Å². The van der Waals surface area contributed by atoms with Gasteiger partial charge in [0.05, 0.1) is 6.04 Å². The lowest BCUT2D eigenvalue weighted by molar-refractivity contribution is -0.120. The fraction of sp³-hybridized carbons (Fsp3) is 0.800. The number of amides is 1. The number of rotatable bonds is 2. The van der Waals surface area contributed by atoms with E-state index in [9.17, 15) is 4.79 Å². The molecule has 3 nitrogen and oxygen atoms in total. The van der Waals surface area contributed by atoms with Crippen LogP contribution in [0.1, 0.15) is 0 Å². The molecular weight excluding hydrogens is 136 g/mol. The molecule has 0 saturated carbocycles. The molecule has 9 heavy (non-hydrogen) atoms. The van der Waals surface area contributed by atoms with Crippen molar-refractivity contribution in [3.63, 3.8) is 0 Å². The van der Waals surface area contributed by atoms with E-state index in [-0.39, 0.29) is 5.91 Å².